The highest BCUT2D eigenvalue weighted by Gasteiger charge is 2.09. The maximum atomic E-state index is 5.93. The number of nitrogens with two attached hydrogens (primary N) is 2. The van der Waals surface area contributed by atoms with Crippen LogP contribution in [0.4, 0.5) is 5.69 Å². The summed E-state index contributed by atoms with van der Waals surface area (Å²) in [5.74, 6) is 0.734. The number of benzene rings is 2. The van der Waals surface area contributed by atoms with Crippen molar-refractivity contribution in [2.75, 3.05) is 5.73 Å². The highest BCUT2D eigenvalue weighted by molar-refractivity contribution is 5.47. The van der Waals surface area contributed by atoms with E-state index in [1.165, 1.54) is 0 Å². The first-order valence-corrected chi connectivity index (χ1v) is 5.09. The van der Waals surface area contributed by atoms with Crippen molar-refractivity contribution in [1.82, 2.24) is 0 Å². The summed E-state index contributed by atoms with van der Waals surface area (Å²) < 4.78 is 5.58. The Balaban J connectivity index is 2.15. The van der Waals surface area contributed by atoms with Crippen molar-refractivity contribution in [3.8, 4) is 5.75 Å². The van der Waals surface area contributed by atoms with Gasteiger partial charge in [0, 0.05) is 11.3 Å². The summed E-state index contributed by atoms with van der Waals surface area (Å²) in [7, 11) is 0. The Hall–Kier alpha value is -2.00. The predicted molar refractivity (Wildman–Crippen MR) is 64.9 cm³/mol. The fourth-order valence-corrected chi connectivity index (χ4v) is 1.48. The molecule has 3 nitrogen and oxygen atoms in total. The molecule has 0 saturated carbocycles. The lowest BCUT2D eigenvalue weighted by molar-refractivity contribution is 0.215. The molecular formula is C13H14N2O. The number of hydrogen-bond donors (Lipinski definition) is 2. The molecule has 2 aromatic rings. The number of para-hydroxylation sites is 2. The molecular weight excluding hydrogens is 200 g/mol. The topological polar surface area (TPSA) is 61.3 Å². The molecule has 0 heterocycles. The van der Waals surface area contributed by atoms with E-state index in [1.807, 2.05) is 54.6 Å². The van der Waals surface area contributed by atoms with Gasteiger partial charge in [-0.05, 0) is 18.2 Å². The molecule has 2 aromatic carbocycles. The number of hydrogen-bond acceptors (Lipinski definition) is 3. The molecule has 2 rings (SSSR count). The molecule has 0 spiro atoms. The van der Waals surface area contributed by atoms with Gasteiger partial charge in [0.15, 0.2) is 6.23 Å². The standard InChI is InChI=1S/C13H14N2O/c14-12-9-5-4-8-11(12)13(15)16-10-6-2-1-3-7-10/h1-9,13H,14-15H2/t13-/m1/s1. The Morgan fingerprint density at radius 3 is 2.19 bits per heavy atom. The lowest BCUT2D eigenvalue weighted by Gasteiger charge is -2.16. The van der Waals surface area contributed by atoms with E-state index in [9.17, 15) is 0 Å². The van der Waals surface area contributed by atoms with Crippen molar-refractivity contribution in [3.63, 3.8) is 0 Å². The number of nitrogen functional groups attached to an aromatic ring is 1. The van der Waals surface area contributed by atoms with Crippen LogP contribution < -0.4 is 16.2 Å². The van der Waals surface area contributed by atoms with Crippen LogP contribution >= 0.6 is 0 Å². The third-order valence-electron chi connectivity index (χ3n) is 2.31. The molecule has 0 aliphatic rings. The predicted octanol–water partition coefficient (Wildman–Crippen LogP) is 2.31. The largest absolute Gasteiger partial charge is 0.471 e. The van der Waals surface area contributed by atoms with Crippen LogP contribution in [0.15, 0.2) is 54.6 Å². The fraction of sp³-hybridized carbons (Fsp3) is 0.0769. The summed E-state index contributed by atoms with van der Waals surface area (Å²) in [5.41, 5.74) is 13.2. The Bertz CT molecular complexity index is 456. The molecule has 0 radical (unpaired) electrons. The molecule has 1 atom stereocenters. The summed E-state index contributed by atoms with van der Waals surface area (Å²) >= 11 is 0. The highest BCUT2D eigenvalue weighted by Crippen LogP contribution is 2.21. The van der Waals surface area contributed by atoms with Crippen molar-refractivity contribution in [2.24, 2.45) is 5.73 Å². The van der Waals surface area contributed by atoms with E-state index in [0.29, 0.717) is 5.69 Å². The molecule has 0 aliphatic carbocycles. The number of rotatable bonds is 3. The van der Waals surface area contributed by atoms with Crippen LogP contribution in [0.1, 0.15) is 11.8 Å². The van der Waals surface area contributed by atoms with E-state index in [0.717, 1.165) is 11.3 Å². The Labute approximate surface area is 94.6 Å². The third kappa shape index (κ3) is 2.32. The summed E-state index contributed by atoms with van der Waals surface area (Å²) in [6.45, 7) is 0. The maximum absolute atomic E-state index is 5.93. The molecule has 0 saturated heterocycles. The van der Waals surface area contributed by atoms with E-state index in [1.54, 1.807) is 0 Å². The van der Waals surface area contributed by atoms with E-state index < -0.39 is 6.23 Å². The average molecular weight is 214 g/mol. The summed E-state index contributed by atoms with van der Waals surface area (Å²) in [6.07, 6.45) is -0.538. The van der Waals surface area contributed by atoms with E-state index >= 15 is 0 Å². The minimum Gasteiger partial charge on any atom is -0.471 e. The smallest absolute Gasteiger partial charge is 0.176 e. The lowest BCUT2D eigenvalue weighted by atomic mass is 10.1. The first-order valence-electron chi connectivity index (χ1n) is 5.09. The van der Waals surface area contributed by atoms with Crippen LogP contribution in [0.2, 0.25) is 0 Å². The molecule has 0 aliphatic heterocycles. The molecule has 3 heteroatoms. The monoisotopic (exact) mass is 214 g/mol. The van der Waals surface area contributed by atoms with Gasteiger partial charge in [-0.1, -0.05) is 36.4 Å². The van der Waals surface area contributed by atoms with Gasteiger partial charge in [0.05, 0.1) is 0 Å². The quantitative estimate of drug-likeness (QED) is 0.608. The van der Waals surface area contributed by atoms with Crippen LogP contribution in [-0.4, -0.2) is 0 Å². The van der Waals surface area contributed by atoms with Crippen molar-refractivity contribution in [1.29, 1.82) is 0 Å². The SMILES string of the molecule is Nc1ccccc1[C@H](N)Oc1ccccc1. The molecule has 82 valence electrons. The fourth-order valence-electron chi connectivity index (χ4n) is 1.48. The molecule has 0 unspecified atom stereocenters. The summed E-state index contributed by atoms with van der Waals surface area (Å²) in [6, 6.07) is 16.9. The molecule has 4 N–H and O–H groups in total. The van der Waals surface area contributed by atoms with E-state index in [2.05, 4.69) is 0 Å². The van der Waals surface area contributed by atoms with Crippen LogP contribution in [0.3, 0.4) is 0 Å². The van der Waals surface area contributed by atoms with Gasteiger partial charge in [-0.15, -0.1) is 0 Å². The molecule has 0 amide bonds. The zero-order valence-corrected chi connectivity index (χ0v) is 8.84. The van der Waals surface area contributed by atoms with Gasteiger partial charge in [0.2, 0.25) is 0 Å². The van der Waals surface area contributed by atoms with Crippen molar-refractivity contribution < 1.29 is 4.74 Å². The molecule has 0 fully saturated rings. The van der Waals surface area contributed by atoms with Crippen LogP contribution in [-0.2, 0) is 0 Å². The van der Waals surface area contributed by atoms with Crippen molar-refractivity contribution in [2.45, 2.75) is 6.23 Å². The number of ether oxygens (including phenoxy) is 1. The van der Waals surface area contributed by atoms with Crippen LogP contribution in [0.25, 0.3) is 0 Å². The molecule has 16 heavy (non-hydrogen) atoms. The normalized spacial score (nSPS) is 12.1. The zero-order valence-electron chi connectivity index (χ0n) is 8.84. The van der Waals surface area contributed by atoms with Gasteiger partial charge in [-0.2, -0.15) is 0 Å². The van der Waals surface area contributed by atoms with E-state index in [-0.39, 0.29) is 0 Å². The summed E-state index contributed by atoms with van der Waals surface area (Å²) in [4.78, 5) is 0. The van der Waals surface area contributed by atoms with Crippen molar-refractivity contribution in [3.05, 3.63) is 60.2 Å². The second-order valence-corrected chi connectivity index (χ2v) is 3.48. The van der Waals surface area contributed by atoms with Gasteiger partial charge in [0.25, 0.3) is 0 Å². The van der Waals surface area contributed by atoms with Crippen LogP contribution in [0, 0.1) is 0 Å². The van der Waals surface area contributed by atoms with Gasteiger partial charge < -0.3 is 10.5 Å². The van der Waals surface area contributed by atoms with Gasteiger partial charge >= 0.3 is 0 Å². The van der Waals surface area contributed by atoms with Crippen LogP contribution in [0.5, 0.6) is 5.75 Å². The Morgan fingerprint density at radius 2 is 1.50 bits per heavy atom. The van der Waals surface area contributed by atoms with E-state index in [4.69, 9.17) is 16.2 Å². The first kappa shape index (κ1) is 10.5. The second kappa shape index (κ2) is 4.68. The first-order chi connectivity index (χ1) is 7.77. The maximum Gasteiger partial charge on any atom is 0.176 e. The average Bonchev–Trinajstić information content (AvgIpc) is 2.31. The third-order valence-corrected chi connectivity index (χ3v) is 2.31. The zero-order chi connectivity index (χ0) is 11.4. The minimum absolute atomic E-state index is 0.538. The summed E-state index contributed by atoms with van der Waals surface area (Å²) in [5, 5.41) is 0. The lowest BCUT2D eigenvalue weighted by Crippen LogP contribution is -2.18. The number of anilines is 1. The molecule has 0 aromatic heterocycles. The second-order valence-electron chi connectivity index (χ2n) is 3.48. The Morgan fingerprint density at radius 1 is 0.875 bits per heavy atom. The van der Waals surface area contributed by atoms with Gasteiger partial charge in [0.1, 0.15) is 5.75 Å². The minimum atomic E-state index is -0.538. The molecule has 0 bridgehead atoms. The van der Waals surface area contributed by atoms with Gasteiger partial charge in [-0.3, -0.25) is 5.73 Å². The Kier molecular flexibility index (Phi) is 3.08. The highest BCUT2D eigenvalue weighted by atomic mass is 16.5. The van der Waals surface area contributed by atoms with Gasteiger partial charge in [-0.25, -0.2) is 0 Å². The van der Waals surface area contributed by atoms with Crippen molar-refractivity contribution >= 4 is 5.69 Å².